The molecule has 4 nitrogen and oxygen atoms in total. The fourth-order valence-electron chi connectivity index (χ4n) is 2.58. The van der Waals surface area contributed by atoms with Crippen LogP contribution < -0.4 is 4.90 Å². The molecule has 0 radical (unpaired) electrons. The highest BCUT2D eigenvalue weighted by Gasteiger charge is 2.43. The summed E-state index contributed by atoms with van der Waals surface area (Å²) in [7, 11) is 0. The second-order valence-corrected chi connectivity index (χ2v) is 6.23. The van der Waals surface area contributed by atoms with Gasteiger partial charge in [-0.1, -0.05) is 35.3 Å². The first-order chi connectivity index (χ1) is 11.0. The van der Waals surface area contributed by atoms with Crippen molar-refractivity contribution in [3.63, 3.8) is 0 Å². The summed E-state index contributed by atoms with van der Waals surface area (Å²) in [6.07, 6.45) is 0. The molecule has 1 heterocycles. The van der Waals surface area contributed by atoms with E-state index in [9.17, 15) is 9.59 Å². The number of urea groups is 1. The van der Waals surface area contributed by atoms with Crippen molar-refractivity contribution in [3.8, 4) is 0 Å². The topological polar surface area (TPSA) is 40.6 Å². The molecule has 118 valence electrons. The minimum absolute atomic E-state index is 0.222. The number of hydrogen-bond donors (Lipinski definition) is 0. The molecule has 6 heteroatoms. The summed E-state index contributed by atoms with van der Waals surface area (Å²) >= 11 is 11.7. The van der Waals surface area contributed by atoms with Crippen LogP contribution in [0.3, 0.4) is 0 Å². The third-order valence-corrected chi connectivity index (χ3v) is 4.31. The predicted octanol–water partition coefficient (Wildman–Crippen LogP) is 4.35. The van der Waals surface area contributed by atoms with Crippen LogP contribution in [0.1, 0.15) is 12.5 Å². The molecular formula is C17H14Cl2N2O2. The van der Waals surface area contributed by atoms with Gasteiger partial charge in [-0.25, -0.2) is 4.79 Å². The normalized spacial score (nSPS) is 18.0. The lowest BCUT2D eigenvalue weighted by Gasteiger charge is -2.19. The minimum atomic E-state index is -0.545. The molecule has 0 bridgehead atoms. The number of carbonyl (C=O) groups is 2. The standard InChI is InChI=1S/C17H14Cl2N2O2/c1-11-16(22)20(10-12-2-4-13(18)5-3-12)17(23)21(11)15-8-6-14(19)7-9-15/h2-9,11H,10H2,1H3/t11-/m1/s1. The van der Waals surface area contributed by atoms with Crippen molar-refractivity contribution in [3.05, 3.63) is 64.1 Å². The van der Waals surface area contributed by atoms with E-state index in [1.165, 1.54) is 9.80 Å². The van der Waals surface area contributed by atoms with E-state index in [0.29, 0.717) is 15.7 Å². The zero-order valence-electron chi connectivity index (χ0n) is 12.4. The Morgan fingerprint density at radius 3 is 2.00 bits per heavy atom. The van der Waals surface area contributed by atoms with Crippen molar-refractivity contribution in [2.24, 2.45) is 0 Å². The lowest BCUT2D eigenvalue weighted by Crippen LogP contribution is -2.33. The number of amides is 3. The summed E-state index contributed by atoms with van der Waals surface area (Å²) in [5.74, 6) is -0.222. The fraction of sp³-hybridized carbons (Fsp3) is 0.176. The maximum Gasteiger partial charge on any atom is 0.332 e. The molecule has 1 aliphatic heterocycles. The molecule has 3 rings (SSSR count). The van der Waals surface area contributed by atoms with Gasteiger partial charge in [0, 0.05) is 15.7 Å². The molecule has 3 amide bonds. The minimum Gasteiger partial charge on any atom is -0.282 e. The van der Waals surface area contributed by atoms with E-state index in [1.807, 2.05) is 0 Å². The summed E-state index contributed by atoms with van der Waals surface area (Å²) in [6.45, 7) is 1.94. The van der Waals surface area contributed by atoms with Crippen LogP contribution in [-0.4, -0.2) is 22.9 Å². The molecule has 2 aromatic rings. The highest BCUT2D eigenvalue weighted by Crippen LogP contribution is 2.28. The molecule has 0 unspecified atom stereocenters. The second-order valence-electron chi connectivity index (χ2n) is 5.36. The highest BCUT2D eigenvalue weighted by molar-refractivity contribution is 6.31. The Morgan fingerprint density at radius 1 is 0.913 bits per heavy atom. The van der Waals surface area contributed by atoms with E-state index in [0.717, 1.165) is 5.56 Å². The number of rotatable bonds is 3. The van der Waals surface area contributed by atoms with E-state index >= 15 is 0 Å². The van der Waals surface area contributed by atoms with Gasteiger partial charge in [0.15, 0.2) is 0 Å². The average molecular weight is 349 g/mol. The molecule has 1 fully saturated rings. The zero-order chi connectivity index (χ0) is 16.6. The van der Waals surface area contributed by atoms with Crippen LogP contribution in [0.5, 0.6) is 0 Å². The van der Waals surface area contributed by atoms with Gasteiger partial charge >= 0.3 is 6.03 Å². The number of nitrogens with zero attached hydrogens (tertiary/aromatic N) is 2. The third-order valence-electron chi connectivity index (χ3n) is 3.81. The molecule has 1 atom stereocenters. The SMILES string of the molecule is C[C@@H]1C(=O)N(Cc2ccc(Cl)cc2)C(=O)N1c1ccc(Cl)cc1. The Morgan fingerprint density at radius 2 is 1.43 bits per heavy atom. The van der Waals surface area contributed by atoms with Crippen molar-refractivity contribution in [2.45, 2.75) is 19.5 Å². The molecule has 0 aliphatic carbocycles. The molecule has 0 N–H and O–H groups in total. The molecule has 0 saturated carbocycles. The molecule has 1 saturated heterocycles. The smallest absolute Gasteiger partial charge is 0.282 e. The van der Waals surface area contributed by atoms with E-state index < -0.39 is 6.04 Å². The maximum absolute atomic E-state index is 12.7. The lowest BCUT2D eigenvalue weighted by atomic mass is 10.2. The first-order valence-corrected chi connectivity index (χ1v) is 7.87. The van der Waals surface area contributed by atoms with Crippen molar-refractivity contribution < 1.29 is 9.59 Å². The van der Waals surface area contributed by atoms with Gasteiger partial charge in [0.2, 0.25) is 0 Å². The summed E-state index contributed by atoms with van der Waals surface area (Å²) in [6, 6.07) is 13.1. The zero-order valence-corrected chi connectivity index (χ0v) is 13.9. The highest BCUT2D eigenvalue weighted by atomic mass is 35.5. The fourth-order valence-corrected chi connectivity index (χ4v) is 2.83. The van der Waals surface area contributed by atoms with Crippen LogP contribution in [0.2, 0.25) is 10.0 Å². The van der Waals surface area contributed by atoms with Crippen molar-refractivity contribution in [1.82, 2.24) is 4.90 Å². The van der Waals surface area contributed by atoms with Gasteiger partial charge in [-0.15, -0.1) is 0 Å². The third kappa shape index (κ3) is 3.05. The molecular weight excluding hydrogens is 335 g/mol. The molecule has 0 spiro atoms. The maximum atomic E-state index is 12.7. The number of carbonyl (C=O) groups excluding carboxylic acids is 2. The first-order valence-electron chi connectivity index (χ1n) is 7.12. The van der Waals surface area contributed by atoms with Crippen LogP contribution in [0.25, 0.3) is 0 Å². The van der Waals surface area contributed by atoms with E-state index in [-0.39, 0.29) is 18.5 Å². The van der Waals surface area contributed by atoms with Gasteiger partial charge in [-0.3, -0.25) is 14.6 Å². The van der Waals surface area contributed by atoms with Gasteiger partial charge in [-0.05, 0) is 48.9 Å². The Balaban J connectivity index is 1.85. The van der Waals surface area contributed by atoms with Crippen molar-refractivity contribution >= 4 is 40.8 Å². The van der Waals surface area contributed by atoms with Gasteiger partial charge < -0.3 is 0 Å². The molecule has 23 heavy (non-hydrogen) atoms. The molecule has 1 aliphatic rings. The molecule has 2 aromatic carbocycles. The van der Waals surface area contributed by atoms with Gasteiger partial charge in [0.25, 0.3) is 5.91 Å². The number of imide groups is 1. The first kappa shape index (κ1) is 15.8. The predicted molar refractivity (Wildman–Crippen MR) is 90.8 cm³/mol. The lowest BCUT2D eigenvalue weighted by molar-refractivity contribution is -0.127. The quantitative estimate of drug-likeness (QED) is 0.773. The Labute approximate surface area is 144 Å². The van der Waals surface area contributed by atoms with Crippen LogP contribution in [-0.2, 0) is 11.3 Å². The summed E-state index contributed by atoms with van der Waals surface area (Å²) < 4.78 is 0. The van der Waals surface area contributed by atoms with E-state index in [4.69, 9.17) is 23.2 Å². The summed E-state index contributed by atoms with van der Waals surface area (Å²) in [5, 5.41) is 1.20. The van der Waals surface area contributed by atoms with Crippen LogP contribution in [0.4, 0.5) is 10.5 Å². The van der Waals surface area contributed by atoms with E-state index in [1.54, 1.807) is 55.5 Å². The van der Waals surface area contributed by atoms with Gasteiger partial charge in [0.1, 0.15) is 6.04 Å². The second kappa shape index (κ2) is 6.22. The van der Waals surface area contributed by atoms with Crippen LogP contribution in [0.15, 0.2) is 48.5 Å². The number of hydrogen-bond acceptors (Lipinski definition) is 2. The Kier molecular flexibility index (Phi) is 4.28. The van der Waals surface area contributed by atoms with Crippen molar-refractivity contribution in [1.29, 1.82) is 0 Å². The van der Waals surface area contributed by atoms with Gasteiger partial charge in [0.05, 0.1) is 6.54 Å². The summed E-state index contributed by atoms with van der Waals surface area (Å²) in [4.78, 5) is 27.8. The Bertz CT molecular complexity index is 744. The average Bonchev–Trinajstić information content (AvgIpc) is 2.74. The van der Waals surface area contributed by atoms with Crippen LogP contribution >= 0.6 is 23.2 Å². The number of anilines is 1. The van der Waals surface area contributed by atoms with Crippen LogP contribution in [0, 0.1) is 0 Å². The van der Waals surface area contributed by atoms with E-state index in [2.05, 4.69) is 0 Å². The number of benzene rings is 2. The Hall–Kier alpha value is -2.04. The largest absolute Gasteiger partial charge is 0.332 e. The van der Waals surface area contributed by atoms with Crippen molar-refractivity contribution in [2.75, 3.05) is 4.90 Å². The molecule has 0 aromatic heterocycles. The monoisotopic (exact) mass is 348 g/mol. The number of halogens is 2. The summed E-state index contributed by atoms with van der Waals surface area (Å²) in [5.41, 5.74) is 1.50. The van der Waals surface area contributed by atoms with Gasteiger partial charge in [-0.2, -0.15) is 0 Å².